The fourth-order valence-electron chi connectivity index (χ4n) is 2.92. The van der Waals surface area contributed by atoms with Crippen LogP contribution in [0.15, 0.2) is 24.3 Å². The second kappa shape index (κ2) is 7.78. The molecule has 2 rings (SSSR count). The number of halogens is 1. The van der Waals surface area contributed by atoms with Crippen LogP contribution < -0.4 is 11.1 Å². The Morgan fingerprint density at radius 3 is 3.05 bits per heavy atom. The number of likely N-dealkylation sites (tertiary alicyclic amines) is 1. The van der Waals surface area contributed by atoms with E-state index in [1.54, 1.807) is 12.1 Å². The maximum absolute atomic E-state index is 12.0. The Morgan fingerprint density at radius 2 is 2.33 bits per heavy atom. The molecule has 1 amide bonds. The minimum Gasteiger partial charge on any atom is -0.327 e. The predicted molar refractivity (Wildman–Crippen MR) is 87.6 cm³/mol. The van der Waals surface area contributed by atoms with Crippen LogP contribution in [-0.4, -0.2) is 36.0 Å². The van der Waals surface area contributed by atoms with E-state index >= 15 is 0 Å². The molecule has 0 spiro atoms. The lowest BCUT2D eigenvalue weighted by Crippen LogP contribution is -2.49. The molecule has 3 N–H and O–H groups in total. The van der Waals surface area contributed by atoms with Crippen LogP contribution in [0, 0.1) is 0 Å². The highest BCUT2D eigenvalue weighted by atomic mass is 35.5. The molecule has 116 valence electrons. The molecule has 21 heavy (non-hydrogen) atoms. The molecule has 5 heteroatoms. The summed E-state index contributed by atoms with van der Waals surface area (Å²) in [5, 5.41) is 3.51. The summed E-state index contributed by atoms with van der Waals surface area (Å²) in [4.78, 5) is 14.4. The lowest BCUT2D eigenvalue weighted by molar-refractivity contribution is -0.116. The van der Waals surface area contributed by atoms with Crippen LogP contribution in [0.4, 0.5) is 5.69 Å². The molecule has 4 nitrogen and oxygen atoms in total. The van der Waals surface area contributed by atoms with E-state index in [1.807, 2.05) is 12.1 Å². The van der Waals surface area contributed by atoms with Gasteiger partial charge in [0.05, 0.1) is 0 Å². The van der Waals surface area contributed by atoms with Gasteiger partial charge in [0.2, 0.25) is 5.91 Å². The minimum atomic E-state index is 0.0197. The summed E-state index contributed by atoms with van der Waals surface area (Å²) in [5.74, 6) is 0.0197. The van der Waals surface area contributed by atoms with Crippen LogP contribution in [0.5, 0.6) is 0 Å². The first-order chi connectivity index (χ1) is 10.1. The number of nitrogens with one attached hydrogen (secondary N) is 1. The van der Waals surface area contributed by atoms with Crippen molar-refractivity contribution in [1.82, 2.24) is 4.90 Å². The Labute approximate surface area is 131 Å². The molecule has 1 aromatic carbocycles. The van der Waals surface area contributed by atoms with Gasteiger partial charge in [-0.1, -0.05) is 24.1 Å². The third-order valence-electron chi connectivity index (χ3n) is 4.01. The van der Waals surface area contributed by atoms with Gasteiger partial charge in [-0.15, -0.1) is 0 Å². The van der Waals surface area contributed by atoms with Crippen molar-refractivity contribution >= 4 is 23.2 Å². The van der Waals surface area contributed by atoms with Gasteiger partial charge >= 0.3 is 0 Å². The van der Waals surface area contributed by atoms with Gasteiger partial charge in [0.1, 0.15) is 0 Å². The topological polar surface area (TPSA) is 58.4 Å². The van der Waals surface area contributed by atoms with E-state index in [1.165, 1.54) is 12.8 Å². The molecule has 0 bridgehead atoms. The number of rotatable bonds is 5. The van der Waals surface area contributed by atoms with Crippen LogP contribution in [0.25, 0.3) is 0 Å². The van der Waals surface area contributed by atoms with Crippen molar-refractivity contribution in [2.24, 2.45) is 5.73 Å². The standard InChI is InChI=1S/C16H24ClN3O/c1-12(18)15-7-2-3-9-20(15)10-8-16(21)19-14-6-4-5-13(17)11-14/h4-6,11-12,15H,2-3,7-10,18H2,1H3,(H,19,21). The number of hydrogen-bond donors (Lipinski definition) is 2. The molecule has 1 fully saturated rings. The summed E-state index contributed by atoms with van der Waals surface area (Å²) in [6, 6.07) is 7.77. The van der Waals surface area contributed by atoms with Crippen LogP contribution in [0.1, 0.15) is 32.6 Å². The predicted octanol–water partition coefficient (Wildman–Crippen LogP) is 2.87. The normalized spacial score (nSPS) is 21.0. The monoisotopic (exact) mass is 309 g/mol. The molecule has 1 heterocycles. The van der Waals surface area contributed by atoms with Gasteiger partial charge in [-0.2, -0.15) is 0 Å². The van der Waals surface area contributed by atoms with Gasteiger partial charge < -0.3 is 11.1 Å². The van der Waals surface area contributed by atoms with Crippen molar-refractivity contribution in [2.75, 3.05) is 18.4 Å². The Bertz CT molecular complexity index is 478. The summed E-state index contributed by atoms with van der Waals surface area (Å²) >= 11 is 5.91. The van der Waals surface area contributed by atoms with Gasteiger partial charge in [0, 0.05) is 35.8 Å². The summed E-state index contributed by atoms with van der Waals surface area (Å²) in [6.07, 6.45) is 4.04. The molecule has 0 saturated carbocycles. The lowest BCUT2D eigenvalue weighted by atomic mass is 9.97. The second-order valence-electron chi connectivity index (χ2n) is 5.77. The molecular formula is C16H24ClN3O. The lowest BCUT2D eigenvalue weighted by Gasteiger charge is -2.37. The molecule has 2 unspecified atom stereocenters. The number of anilines is 1. The molecule has 0 radical (unpaired) electrons. The summed E-state index contributed by atoms with van der Waals surface area (Å²) in [7, 11) is 0. The SMILES string of the molecule is CC(N)C1CCCCN1CCC(=O)Nc1cccc(Cl)c1. The Hall–Kier alpha value is -1.10. The van der Waals surface area contributed by atoms with E-state index in [9.17, 15) is 4.79 Å². The number of benzene rings is 1. The first kappa shape index (κ1) is 16.3. The van der Waals surface area contributed by atoms with E-state index < -0.39 is 0 Å². The molecule has 0 aromatic heterocycles. The zero-order valence-electron chi connectivity index (χ0n) is 12.5. The summed E-state index contributed by atoms with van der Waals surface area (Å²) in [5.41, 5.74) is 6.79. The van der Waals surface area contributed by atoms with Crippen LogP contribution in [0.3, 0.4) is 0 Å². The van der Waals surface area contributed by atoms with Crippen molar-refractivity contribution in [3.63, 3.8) is 0 Å². The van der Waals surface area contributed by atoms with Crippen molar-refractivity contribution in [3.05, 3.63) is 29.3 Å². The quantitative estimate of drug-likeness (QED) is 0.879. The number of amides is 1. The fourth-order valence-corrected chi connectivity index (χ4v) is 3.11. The smallest absolute Gasteiger partial charge is 0.225 e. The van der Waals surface area contributed by atoms with E-state index in [0.717, 1.165) is 25.2 Å². The number of carbonyl (C=O) groups excluding carboxylic acids is 1. The number of nitrogens with two attached hydrogens (primary N) is 1. The number of piperidine rings is 1. The van der Waals surface area contributed by atoms with Gasteiger partial charge in [0.15, 0.2) is 0 Å². The first-order valence-corrected chi connectivity index (χ1v) is 7.99. The zero-order valence-corrected chi connectivity index (χ0v) is 13.3. The maximum atomic E-state index is 12.0. The zero-order chi connectivity index (χ0) is 15.2. The van der Waals surface area contributed by atoms with Crippen LogP contribution in [0.2, 0.25) is 5.02 Å². The number of nitrogens with zero attached hydrogens (tertiary/aromatic N) is 1. The van der Waals surface area contributed by atoms with Gasteiger partial charge in [-0.05, 0) is 44.5 Å². The Morgan fingerprint density at radius 1 is 1.52 bits per heavy atom. The van der Waals surface area contributed by atoms with Crippen molar-refractivity contribution < 1.29 is 4.79 Å². The average molecular weight is 310 g/mol. The third-order valence-corrected chi connectivity index (χ3v) is 4.24. The molecule has 1 aromatic rings. The fraction of sp³-hybridized carbons (Fsp3) is 0.562. The Balaban J connectivity index is 1.82. The van der Waals surface area contributed by atoms with E-state index in [4.69, 9.17) is 17.3 Å². The minimum absolute atomic E-state index is 0.0197. The third kappa shape index (κ3) is 4.99. The highest BCUT2D eigenvalue weighted by molar-refractivity contribution is 6.30. The largest absolute Gasteiger partial charge is 0.327 e. The highest BCUT2D eigenvalue weighted by Gasteiger charge is 2.25. The van der Waals surface area contributed by atoms with Gasteiger partial charge in [-0.3, -0.25) is 9.69 Å². The summed E-state index contributed by atoms with van der Waals surface area (Å²) < 4.78 is 0. The average Bonchev–Trinajstić information content (AvgIpc) is 2.45. The van der Waals surface area contributed by atoms with Crippen molar-refractivity contribution in [2.45, 2.75) is 44.7 Å². The van der Waals surface area contributed by atoms with Gasteiger partial charge in [-0.25, -0.2) is 0 Å². The van der Waals surface area contributed by atoms with Crippen molar-refractivity contribution in [1.29, 1.82) is 0 Å². The van der Waals surface area contributed by atoms with E-state index in [2.05, 4.69) is 17.1 Å². The first-order valence-electron chi connectivity index (χ1n) is 7.61. The molecule has 2 atom stereocenters. The maximum Gasteiger partial charge on any atom is 0.225 e. The molecular weight excluding hydrogens is 286 g/mol. The number of hydrogen-bond acceptors (Lipinski definition) is 3. The molecule has 1 saturated heterocycles. The van der Waals surface area contributed by atoms with Gasteiger partial charge in [0.25, 0.3) is 0 Å². The summed E-state index contributed by atoms with van der Waals surface area (Å²) in [6.45, 7) is 3.85. The Kier molecular flexibility index (Phi) is 6.03. The van der Waals surface area contributed by atoms with Crippen LogP contribution >= 0.6 is 11.6 Å². The molecule has 1 aliphatic rings. The van der Waals surface area contributed by atoms with Crippen molar-refractivity contribution in [3.8, 4) is 0 Å². The number of carbonyl (C=O) groups is 1. The van der Waals surface area contributed by atoms with Crippen LogP contribution in [-0.2, 0) is 4.79 Å². The highest BCUT2D eigenvalue weighted by Crippen LogP contribution is 2.19. The second-order valence-corrected chi connectivity index (χ2v) is 6.20. The van der Waals surface area contributed by atoms with E-state index in [-0.39, 0.29) is 11.9 Å². The molecule has 1 aliphatic heterocycles. The van der Waals surface area contributed by atoms with E-state index in [0.29, 0.717) is 17.5 Å². The molecule has 0 aliphatic carbocycles.